The predicted molar refractivity (Wildman–Crippen MR) is 77.8 cm³/mol. The van der Waals surface area contributed by atoms with E-state index >= 15 is 0 Å². The van der Waals surface area contributed by atoms with Crippen LogP contribution >= 0.6 is 15.9 Å². The normalized spacial score (nSPS) is 10.3. The lowest BCUT2D eigenvalue weighted by atomic mass is 10.1. The maximum Gasteiger partial charge on any atom is 0.0449 e. The van der Waals surface area contributed by atoms with Gasteiger partial charge in [0.05, 0.1) is 0 Å². The summed E-state index contributed by atoms with van der Waals surface area (Å²) in [5.74, 6) is 0. The molecule has 0 aromatic heterocycles. The minimum absolute atomic E-state index is 0.780. The second kappa shape index (κ2) is 4.80. The van der Waals surface area contributed by atoms with E-state index in [2.05, 4.69) is 46.0 Å². The quantitative estimate of drug-likeness (QED) is 0.844. The third-order valence-electron chi connectivity index (χ3n) is 2.79. The van der Waals surface area contributed by atoms with Crippen molar-refractivity contribution < 1.29 is 0 Å². The third kappa shape index (κ3) is 2.61. The summed E-state index contributed by atoms with van der Waals surface area (Å²) in [7, 11) is 2.05. The van der Waals surface area contributed by atoms with E-state index in [4.69, 9.17) is 5.73 Å². The zero-order valence-electron chi connectivity index (χ0n) is 9.94. The minimum Gasteiger partial charge on any atom is -0.399 e. The Bertz CT molecular complexity index is 537. The molecule has 2 nitrogen and oxygen atoms in total. The van der Waals surface area contributed by atoms with Crippen LogP contribution in [0.3, 0.4) is 0 Å². The molecular weight excluding hydrogens is 276 g/mol. The number of hydrogen-bond acceptors (Lipinski definition) is 2. The molecule has 0 saturated carbocycles. The molecule has 2 rings (SSSR count). The van der Waals surface area contributed by atoms with Crippen LogP contribution in [-0.4, -0.2) is 7.05 Å². The maximum atomic E-state index is 5.81. The number of aryl methyl sites for hydroxylation is 1. The fourth-order valence-corrected chi connectivity index (χ4v) is 2.17. The zero-order chi connectivity index (χ0) is 12.4. The van der Waals surface area contributed by atoms with Crippen LogP contribution in [0, 0.1) is 6.92 Å². The van der Waals surface area contributed by atoms with Gasteiger partial charge in [0.1, 0.15) is 0 Å². The first-order valence-electron chi connectivity index (χ1n) is 5.43. The summed E-state index contributed by atoms with van der Waals surface area (Å²) in [6.45, 7) is 2.10. The molecule has 0 fully saturated rings. The van der Waals surface area contributed by atoms with E-state index in [1.807, 2.05) is 31.3 Å². The second-order valence-corrected chi connectivity index (χ2v) is 5.00. The van der Waals surface area contributed by atoms with Crippen molar-refractivity contribution in [1.29, 1.82) is 0 Å². The number of anilines is 3. The highest BCUT2D eigenvalue weighted by Crippen LogP contribution is 2.30. The first-order chi connectivity index (χ1) is 8.08. The zero-order valence-corrected chi connectivity index (χ0v) is 11.5. The topological polar surface area (TPSA) is 29.3 Å². The minimum atomic E-state index is 0.780. The Kier molecular flexibility index (Phi) is 3.38. The van der Waals surface area contributed by atoms with Gasteiger partial charge in [0.15, 0.2) is 0 Å². The van der Waals surface area contributed by atoms with Crippen LogP contribution in [0.4, 0.5) is 17.1 Å². The molecule has 0 radical (unpaired) electrons. The van der Waals surface area contributed by atoms with Crippen molar-refractivity contribution in [2.24, 2.45) is 0 Å². The summed E-state index contributed by atoms with van der Waals surface area (Å²) >= 11 is 3.50. The van der Waals surface area contributed by atoms with E-state index in [1.165, 1.54) is 11.3 Å². The first kappa shape index (κ1) is 12.0. The van der Waals surface area contributed by atoms with E-state index in [0.717, 1.165) is 15.8 Å². The third-order valence-corrected chi connectivity index (χ3v) is 3.28. The van der Waals surface area contributed by atoms with Crippen LogP contribution in [0.2, 0.25) is 0 Å². The molecule has 3 heteroatoms. The number of nitrogens with two attached hydrogens (primary N) is 1. The van der Waals surface area contributed by atoms with Gasteiger partial charge in [-0.25, -0.2) is 0 Å². The Balaban J connectivity index is 2.43. The lowest BCUT2D eigenvalue weighted by Crippen LogP contribution is -2.11. The molecule has 0 aliphatic rings. The van der Waals surface area contributed by atoms with Crippen molar-refractivity contribution in [2.45, 2.75) is 6.92 Å². The van der Waals surface area contributed by atoms with E-state index in [0.29, 0.717) is 0 Å². The van der Waals surface area contributed by atoms with Gasteiger partial charge in [-0.15, -0.1) is 0 Å². The summed E-state index contributed by atoms with van der Waals surface area (Å²) < 4.78 is 1.08. The molecule has 0 spiro atoms. The molecule has 0 amide bonds. The molecular formula is C14H15BrN2. The standard InChI is InChI=1S/C14H15BrN2/c1-10-6-7-11(15)8-14(10)17(2)13-5-3-4-12(16)9-13/h3-9H,16H2,1-2H3. The predicted octanol–water partition coefficient (Wildman–Crippen LogP) is 4.11. The van der Waals surface area contributed by atoms with Crippen molar-refractivity contribution in [3.63, 3.8) is 0 Å². The molecule has 0 bridgehead atoms. The first-order valence-corrected chi connectivity index (χ1v) is 6.22. The lowest BCUT2D eigenvalue weighted by molar-refractivity contribution is 1.18. The fourth-order valence-electron chi connectivity index (χ4n) is 1.82. The molecule has 17 heavy (non-hydrogen) atoms. The van der Waals surface area contributed by atoms with Crippen molar-refractivity contribution >= 4 is 33.0 Å². The van der Waals surface area contributed by atoms with Gasteiger partial charge in [-0.2, -0.15) is 0 Å². The highest BCUT2D eigenvalue weighted by molar-refractivity contribution is 9.10. The van der Waals surface area contributed by atoms with E-state index < -0.39 is 0 Å². The van der Waals surface area contributed by atoms with Gasteiger partial charge in [0, 0.05) is 28.6 Å². The number of rotatable bonds is 2. The molecule has 0 saturated heterocycles. The molecule has 0 aliphatic carbocycles. The van der Waals surface area contributed by atoms with E-state index in [9.17, 15) is 0 Å². The van der Waals surface area contributed by atoms with Gasteiger partial charge in [0.25, 0.3) is 0 Å². The van der Waals surface area contributed by atoms with E-state index in [1.54, 1.807) is 0 Å². The Morgan fingerprint density at radius 3 is 2.59 bits per heavy atom. The number of benzene rings is 2. The summed E-state index contributed by atoms with van der Waals surface area (Å²) in [4.78, 5) is 2.14. The number of nitrogens with zero attached hydrogens (tertiary/aromatic N) is 1. The molecule has 0 aliphatic heterocycles. The number of hydrogen-bond donors (Lipinski definition) is 1. The molecule has 0 unspecified atom stereocenters. The monoisotopic (exact) mass is 290 g/mol. The Labute approximate surface area is 110 Å². The van der Waals surface area contributed by atoms with Crippen molar-refractivity contribution in [1.82, 2.24) is 0 Å². The molecule has 0 heterocycles. The van der Waals surface area contributed by atoms with Gasteiger partial charge in [0.2, 0.25) is 0 Å². The molecule has 2 N–H and O–H groups in total. The highest BCUT2D eigenvalue weighted by Gasteiger charge is 2.07. The lowest BCUT2D eigenvalue weighted by Gasteiger charge is -2.22. The largest absolute Gasteiger partial charge is 0.399 e. The molecule has 2 aromatic rings. The summed E-state index contributed by atoms with van der Waals surface area (Å²) in [5.41, 5.74) is 10.1. The van der Waals surface area contributed by atoms with Crippen LogP contribution in [0.5, 0.6) is 0 Å². The molecule has 0 atom stereocenters. The van der Waals surface area contributed by atoms with Crippen molar-refractivity contribution in [3.8, 4) is 0 Å². The number of nitrogen functional groups attached to an aromatic ring is 1. The highest BCUT2D eigenvalue weighted by atomic mass is 79.9. The van der Waals surface area contributed by atoms with Gasteiger partial charge in [-0.05, 0) is 42.8 Å². The van der Waals surface area contributed by atoms with Crippen LogP contribution < -0.4 is 10.6 Å². The van der Waals surface area contributed by atoms with Gasteiger partial charge in [-0.3, -0.25) is 0 Å². The average Bonchev–Trinajstić information content (AvgIpc) is 2.31. The van der Waals surface area contributed by atoms with E-state index in [-0.39, 0.29) is 0 Å². The summed E-state index contributed by atoms with van der Waals surface area (Å²) in [5, 5.41) is 0. The van der Waals surface area contributed by atoms with Crippen LogP contribution in [0.15, 0.2) is 46.9 Å². The Morgan fingerprint density at radius 1 is 1.12 bits per heavy atom. The van der Waals surface area contributed by atoms with Crippen LogP contribution in [-0.2, 0) is 0 Å². The van der Waals surface area contributed by atoms with Crippen LogP contribution in [0.1, 0.15) is 5.56 Å². The molecule has 88 valence electrons. The summed E-state index contributed by atoms with van der Waals surface area (Å²) in [6.07, 6.45) is 0. The Morgan fingerprint density at radius 2 is 1.88 bits per heavy atom. The second-order valence-electron chi connectivity index (χ2n) is 4.08. The van der Waals surface area contributed by atoms with Crippen molar-refractivity contribution in [3.05, 3.63) is 52.5 Å². The smallest absolute Gasteiger partial charge is 0.0449 e. The van der Waals surface area contributed by atoms with Gasteiger partial charge < -0.3 is 10.6 Å². The van der Waals surface area contributed by atoms with Gasteiger partial charge in [-0.1, -0.05) is 28.1 Å². The summed E-state index contributed by atoms with van der Waals surface area (Å²) in [6, 6.07) is 14.1. The Hall–Kier alpha value is -1.48. The maximum absolute atomic E-state index is 5.81. The van der Waals surface area contributed by atoms with Crippen LogP contribution in [0.25, 0.3) is 0 Å². The van der Waals surface area contributed by atoms with Crippen molar-refractivity contribution in [2.75, 3.05) is 17.7 Å². The van der Waals surface area contributed by atoms with Gasteiger partial charge >= 0.3 is 0 Å². The number of halogens is 1. The fraction of sp³-hybridized carbons (Fsp3) is 0.143. The molecule has 2 aromatic carbocycles. The average molecular weight is 291 g/mol. The SMILES string of the molecule is Cc1ccc(Br)cc1N(C)c1cccc(N)c1.